The van der Waals surface area contributed by atoms with Gasteiger partial charge in [-0.25, -0.2) is 0 Å². The first-order valence-electron chi connectivity index (χ1n) is 9.63. The molecule has 1 aromatic carbocycles. The second-order valence-corrected chi connectivity index (χ2v) is 8.38. The molecular formula is C21H22ClN5O. The predicted octanol–water partition coefficient (Wildman–Crippen LogP) is 4.20. The van der Waals surface area contributed by atoms with Gasteiger partial charge >= 0.3 is 6.01 Å². The summed E-state index contributed by atoms with van der Waals surface area (Å²) in [5, 5.41) is 4.83. The predicted molar refractivity (Wildman–Crippen MR) is 110 cm³/mol. The maximum absolute atomic E-state index is 6.08. The molecule has 144 valence electrons. The van der Waals surface area contributed by atoms with E-state index in [-0.39, 0.29) is 0 Å². The van der Waals surface area contributed by atoms with Crippen LogP contribution in [-0.2, 0) is 0 Å². The molecule has 0 N–H and O–H groups in total. The SMILES string of the molecule is Cc1cc(N2CC3(CCCN(c4nc(-c5cccc(Cl)c5)no4)C3)C2)ccn1. The van der Waals surface area contributed by atoms with E-state index in [9.17, 15) is 0 Å². The number of rotatable bonds is 3. The highest BCUT2D eigenvalue weighted by atomic mass is 35.5. The van der Waals surface area contributed by atoms with E-state index in [0.717, 1.165) is 43.9 Å². The van der Waals surface area contributed by atoms with E-state index < -0.39 is 0 Å². The molecule has 2 fully saturated rings. The van der Waals surface area contributed by atoms with Gasteiger partial charge in [0.05, 0.1) is 0 Å². The largest absolute Gasteiger partial charge is 0.370 e. The molecule has 0 unspecified atom stereocenters. The van der Waals surface area contributed by atoms with E-state index in [1.807, 2.05) is 37.4 Å². The van der Waals surface area contributed by atoms with Crippen molar-refractivity contribution < 1.29 is 4.52 Å². The summed E-state index contributed by atoms with van der Waals surface area (Å²) >= 11 is 6.08. The molecule has 2 aliphatic heterocycles. The van der Waals surface area contributed by atoms with Crippen LogP contribution in [-0.4, -0.2) is 41.3 Å². The maximum atomic E-state index is 6.08. The topological polar surface area (TPSA) is 58.3 Å². The van der Waals surface area contributed by atoms with Gasteiger partial charge in [0.15, 0.2) is 0 Å². The molecule has 0 aliphatic carbocycles. The number of benzene rings is 1. The zero-order chi connectivity index (χ0) is 19.1. The summed E-state index contributed by atoms with van der Waals surface area (Å²) in [6.45, 7) is 6.05. The summed E-state index contributed by atoms with van der Waals surface area (Å²) in [5.74, 6) is 0.583. The van der Waals surface area contributed by atoms with Crippen molar-refractivity contribution in [1.82, 2.24) is 15.1 Å². The second-order valence-electron chi connectivity index (χ2n) is 7.95. The summed E-state index contributed by atoms with van der Waals surface area (Å²) in [7, 11) is 0. The van der Waals surface area contributed by atoms with E-state index in [4.69, 9.17) is 16.1 Å². The summed E-state index contributed by atoms with van der Waals surface area (Å²) in [4.78, 5) is 13.6. The fourth-order valence-electron chi connectivity index (χ4n) is 4.39. The number of aromatic nitrogens is 3. The molecule has 0 saturated carbocycles. The zero-order valence-corrected chi connectivity index (χ0v) is 16.6. The van der Waals surface area contributed by atoms with Gasteiger partial charge in [0.25, 0.3) is 0 Å². The number of halogens is 1. The lowest BCUT2D eigenvalue weighted by molar-refractivity contribution is 0.169. The number of aryl methyl sites for hydroxylation is 1. The molecular weight excluding hydrogens is 374 g/mol. The normalized spacial score (nSPS) is 18.4. The van der Waals surface area contributed by atoms with Crippen molar-refractivity contribution in [3.05, 3.63) is 53.3 Å². The molecule has 0 amide bonds. The lowest BCUT2D eigenvalue weighted by atomic mass is 9.73. The summed E-state index contributed by atoms with van der Waals surface area (Å²) in [6, 6.07) is 12.4. The van der Waals surface area contributed by atoms with E-state index in [0.29, 0.717) is 22.3 Å². The van der Waals surface area contributed by atoms with Gasteiger partial charge in [-0.1, -0.05) is 28.9 Å². The van der Waals surface area contributed by atoms with Gasteiger partial charge in [-0.3, -0.25) is 4.98 Å². The van der Waals surface area contributed by atoms with Crippen LogP contribution in [0.2, 0.25) is 5.02 Å². The Balaban J connectivity index is 1.29. The average molecular weight is 396 g/mol. The number of hydrogen-bond donors (Lipinski definition) is 0. The molecule has 2 aliphatic rings. The Morgan fingerprint density at radius 2 is 1.96 bits per heavy atom. The summed E-state index contributed by atoms with van der Waals surface area (Å²) in [5.41, 5.74) is 3.48. The Hall–Kier alpha value is -2.60. The number of anilines is 2. The number of pyridine rings is 1. The molecule has 28 heavy (non-hydrogen) atoms. The van der Waals surface area contributed by atoms with Crippen molar-refractivity contribution in [2.75, 3.05) is 36.0 Å². The zero-order valence-electron chi connectivity index (χ0n) is 15.8. The monoisotopic (exact) mass is 395 g/mol. The first-order chi connectivity index (χ1) is 13.6. The van der Waals surface area contributed by atoms with E-state index >= 15 is 0 Å². The van der Waals surface area contributed by atoms with Gasteiger partial charge in [-0.2, -0.15) is 4.98 Å². The maximum Gasteiger partial charge on any atom is 0.324 e. The van der Waals surface area contributed by atoms with Crippen molar-refractivity contribution in [3.8, 4) is 11.4 Å². The van der Waals surface area contributed by atoms with Crippen molar-refractivity contribution in [2.45, 2.75) is 19.8 Å². The van der Waals surface area contributed by atoms with Crippen molar-refractivity contribution in [3.63, 3.8) is 0 Å². The van der Waals surface area contributed by atoms with E-state index in [2.05, 4.69) is 37.1 Å². The van der Waals surface area contributed by atoms with Crippen LogP contribution in [0.4, 0.5) is 11.7 Å². The van der Waals surface area contributed by atoms with Gasteiger partial charge < -0.3 is 14.3 Å². The minimum atomic E-state index is 0.292. The molecule has 2 aromatic heterocycles. The van der Waals surface area contributed by atoms with Crippen LogP contribution in [0.15, 0.2) is 47.1 Å². The number of nitrogens with zero attached hydrogens (tertiary/aromatic N) is 5. The first kappa shape index (κ1) is 17.5. The van der Waals surface area contributed by atoms with Gasteiger partial charge in [-0.05, 0) is 44.0 Å². The lowest BCUT2D eigenvalue weighted by Crippen LogP contribution is -2.63. The van der Waals surface area contributed by atoms with Crippen LogP contribution in [0, 0.1) is 12.3 Å². The van der Waals surface area contributed by atoms with Crippen LogP contribution in [0.1, 0.15) is 18.5 Å². The van der Waals surface area contributed by atoms with Crippen LogP contribution >= 0.6 is 11.6 Å². The fraction of sp³-hybridized carbons (Fsp3) is 0.381. The highest BCUT2D eigenvalue weighted by molar-refractivity contribution is 6.30. The standard InChI is InChI=1S/C21H22ClN5O/c1-15-10-18(6-8-23-15)27-13-21(14-27)7-3-9-26(12-21)20-24-19(25-28-20)16-4-2-5-17(22)11-16/h2,4-6,8,10-11H,3,7,9,12-14H2,1H3. The molecule has 6 nitrogen and oxygen atoms in total. The Morgan fingerprint density at radius 3 is 2.79 bits per heavy atom. The van der Waals surface area contributed by atoms with E-state index in [1.54, 1.807) is 0 Å². The fourth-order valence-corrected chi connectivity index (χ4v) is 4.58. The van der Waals surface area contributed by atoms with Crippen molar-refractivity contribution in [1.29, 1.82) is 0 Å². The minimum absolute atomic E-state index is 0.292. The van der Waals surface area contributed by atoms with Crippen molar-refractivity contribution in [2.24, 2.45) is 5.41 Å². The Morgan fingerprint density at radius 1 is 1.11 bits per heavy atom. The Kier molecular flexibility index (Phi) is 4.23. The Bertz CT molecular complexity index is 998. The molecule has 0 radical (unpaired) electrons. The van der Waals surface area contributed by atoms with Crippen LogP contribution in [0.25, 0.3) is 11.4 Å². The second kappa shape index (κ2) is 6.78. The Labute approximate surface area is 169 Å². The molecule has 3 aromatic rings. The van der Waals surface area contributed by atoms with E-state index in [1.165, 1.54) is 12.1 Å². The van der Waals surface area contributed by atoms with Gasteiger partial charge in [0, 0.05) is 59.8 Å². The molecule has 5 rings (SSSR count). The third-order valence-electron chi connectivity index (χ3n) is 5.73. The molecule has 0 bridgehead atoms. The van der Waals surface area contributed by atoms with Crippen LogP contribution in [0.5, 0.6) is 0 Å². The highest BCUT2D eigenvalue weighted by Gasteiger charge is 2.46. The molecule has 2 saturated heterocycles. The molecule has 7 heteroatoms. The van der Waals surface area contributed by atoms with Gasteiger partial charge in [0.2, 0.25) is 5.82 Å². The smallest absolute Gasteiger partial charge is 0.324 e. The quantitative estimate of drug-likeness (QED) is 0.662. The van der Waals surface area contributed by atoms with Crippen LogP contribution < -0.4 is 9.80 Å². The van der Waals surface area contributed by atoms with Crippen LogP contribution in [0.3, 0.4) is 0 Å². The first-order valence-corrected chi connectivity index (χ1v) is 10.0. The number of hydrogen-bond acceptors (Lipinski definition) is 6. The molecule has 1 spiro atoms. The van der Waals surface area contributed by atoms with Gasteiger partial charge in [-0.15, -0.1) is 0 Å². The van der Waals surface area contributed by atoms with Crippen molar-refractivity contribution >= 4 is 23.3 Å². The highest BCUT2D eigenvalue weighted by Crippen LogP contribution is 2.42. The summed E-state index contributed by atoms with van der Waals surface area (Å²) in [6.07, 6.45) is 4.26. The lowest BCUT2D eigenvalue weighted by Gasteiger charge is -2.55. The minimum Gasteiger partial charge on any atom is -0.370 e. The molecule has 0 atom stereocenters. The summed E-state index contributed by atoms with van der Waals surface area (Å²) < 4.78 is 5.59. The molecule has 4 heterocycles. The third-order valence-corrected chi connectivity index (χ3v) is 5.96. The third kappa shape index (κ3) is 3.22. The number of piperidine rings is 1. The van der Waals surface area contributed by atoms with Gasteiger partial charge in [0.1, 0.15) is 0 Å². The average Bonchev–Trinajstić information content (AvgIpc) is 3.16.